The second kappa shape index (κ2) is 5.34. The molecule has 15 heavy (non-hydrogen) atoms. The molecule has 0 atom stereocenters. The van der Waals surface area contributed by atoms with Gasteiger partial charge in [-0.25, -0.2) is 0 Å². The number of aryl methyl sites for hydroxylation is 1. The third-order valence-corrected chi connectivity index (χ3v) is 2.22. The van der Waals surface area contributed by atoms with Gasteiger partial charge in [0.15, 0.2) is 0 Å². The Kier molecular flexibility index (Phi) is 4.09. The molecule has 0 aliphatic rings. The van der Waals surface area contributed by atoms with E-state index in [9.17, 15) is 9.59 Å². The van der Waals surface area contributed by atoms with Gasteiger partial charge in [-0.1, -0.05) is 0 Å². The van der Waals surface area contributed by atoms with E-state index in [1.807, 2.05) is 29.9 Å². The molecule has 1 aromatic heterocycles. The fourth-order valence-electron chi connectivity index (χ4n) is 1.25. The summed E-state index contributed by atoms with van der Waals surface area (Å²) in [5, 5.41) is 2.77. The Balaban J connectivity index is 2.28. The van der Waals surface area contributed by atoms with Crippen molar-refractivity contribution in [2.75, 3.05) is 0 Å². The Bertz CT molecular complexity index is 355. The fourth-order valence-corrected chi connectivity index (χ4v) is 1.25. The van der Waals surface area contributed by atoms with E-state index < -0.39 is 0 Å². The van der Waals surface area contributed by atoms with Crippen molar-refractivity contribution in [1.82, 2.24) is 9.88 Å². The van der Waals surface area contributed by atoms with Crippen LogP contribution in [0.4, 0.5) is 0 Å². The number of rotatable bonds is 5. The van der Waals surface area contributed by atoms with Gasteiger partial charge >= 0.3 is 0 Å². The lowest BCUT2D eigenvalue weighted by atomic mass is 10.2. The van der Waals surface area contributed by atoms with Gasteiger partial charge in [0.05, 0.1) is 6.54 Å². The number of Topliss-reactive ketones (excluding diaryl/α,β-unsaturated/α-hetero) is 1. The van der Waals surface area contributed by atoms with E-state index in [-0.39, 0.29) is 18.1 Å². The number of aromatic nitrogens is 1. The molecule has 1 amide bonds. The molecular formula is C11H16N2O2. The van der Waals surface area contributed by atoms with Crippen molar-refractivity contribution in [1.29, 1.82) is 0 Å². The predicted molar refractivity (Wildman–Crippen MR) is 57.2 cm³/mol. The quantitative estimate of drug-likeness (QED) is 0.785. The molecule has 0 aliphatic heterocycles. The third kappa shape index (κ3) is 3.97. The number of nitrogens with one attached hydrogen (secondary N) is 1. The van der Waals surface area contributed by atoms with Crippen molar-refractivity contribution in [2.24, 2.45) is 7.05 Å². The van der Waals surface area contributed by atoms with E-state index in [1.54, 1.807) is 0 Å². The molecule has 1 heterocycles. The van der Waals surface area contributed by atoms with Crippen LogP contribution >= 0.6 is 0 Å². The third-order valence-electron chi connectivity index (χ3n) is 2.22. The zero-order valence-electron chi connectivity index (χ0n) is 9.12. The molecule has 0 fully saturated rings. The Labute approximate surface area is 89.3 Å². The fraction of sp³-hybridized carbons (Fsp3) is 0.455. The predicted octanol–water partition coefficient (Wildman–Crippen LogP) is 1.01. The Morgan fingerprint density at radius 3 is 2.67 bits per heavy atom. The largest absolute Gasteiger partial charge is 0.353 e. The minimum Gasteiger partial charge on any atom is -0.353 e. The van der Waals surface area contributed by atoms with Gasteiger partial charge in [-0.2, -0.15) is 0 Å². The van der Waals surface area contributed by atoms with Gasteiger partial charge in [0.25, 0.3) is 0 Å². The van der Waals surface area contributed by atoms with Gasteiger partial charge in [0.2, 0.25) is 5.91 Å². The number of ketones is 1. The van der Waals surface area contributed by atoms with Crippen LogP contribution in [0.15, 0.2) is 18.3 Å². The highest BCUT2D eigenvalue weighted by Crippen LogP contribution is 1.99. The van der Waals surface area contributed by atoms with Crippen LogP contribution < -0.4 is 5.32 Å². The maximum absolute atomic E-state index is 11.3. The maximum atomic E-state index is 11.3. The van der Waals surface area contributed by atoms with Gasteiger partial charge in [0, 0.05) is 31.8 Å². The summed E-state index contributed by atoms with van der Waals surface area (Å²) in [6, 6.07) is 3.88. The van der Waals surface area contributed by atoms with Crippen molar-refractivity contribution in [2.45, 2.75) is 26.3 Å². The summed E-state index contributed by atoms with van der Waals surface area (Å²) in [7, 11) is 1.93. The molecule has 4 nitrogen and oxygen atoms in total. The molecule has 0 aromatic carbocycles. The zero-order chi connectivity index (χ0) is 11.3. The number of carbonyl (C=O) groups excluding carboxylic acids is 2. The number of carbonyl (C=O) groups is 2. The van der Waals surface area contributed by atoms with Gasteiger partial charge in [-0.05, 0) is 19.1 Å². The maximum Gasteiger partial charge on any atom is 0.220 e. The highest BCUT2D eigenvalue weighted by molar-refractivity contribution is 5.83. The Morgan fingerprint density at radius 1 is 1.40 bits per heavy atom. The average molecular weight is 208 g/mol. The lowest BCUT2D eigenvalue weighted by Crippen LogP contribution is -2.24. The SMILES string of the molecule is CC(=O)CCC(=O)NCc1cccn1C. The topological polar surface area (TPSA) is 51.1 Å². The van der Waals surface area contributed by atoms with Crippen LogP contribution in [0.2, 0.25) is 0 Å². The molecule has 0 bridgehead atoms. The van der Waals surface area contributed by atoms with E-state index in [2.05, 4.69) is 5.32 Å². The van der Waals surface area contributed by atoms with Crippen LogP contribution in [-0.2, 0) is 23.2 Å². The molecule has 0 aliphatic carbocycles. The lowest BCUT2D eigenvalue weighted by Gasteiger charge is -2.05. The van der Waals surface area contributed by atoms with Crippen LogP contribution in [0.25, 0.3) is 0 Å². The van der Waals surface area contributed by atoms with Crippen molar-refractivity contribution in [3.63, 3.8) is 0 Å². The van der Waals surface area contributed by atoms with Crippen LogP contribution in [0.1, 0.15) is 25.5 Å². The molecule has 82 valence electrons. The molecule has 1 aromatic rings. The first-order valence-corrected chi connectivity index (χ1v) is 4.96. The van der Waals surface area contributed by atoms with Gasteiger partial charge in [-0.3, -0.25) is 4.79 Å². The monoisotopic (exact) mass is 208 g/mol. The molecule has 4 heteroatoms. The van der Waals surface area contributed by atoms with E-state index in [4.69, 9.17) is 0 Å². The molecule has 1 rings (SSSR count). The summed E-state index contributed by atoms with van der Waals surface area (Å²) in [6.07, 6.45) is 2.52. The summed E-state index contributed by atoms with van der Waals surface area (Å²) in [5.74, 6) is -0.0320. The first kappa shape index (κ1) is 11.5. The highest BCUT2D eigenvalue weighted by atomic mass is 16.2. The van der Waals surface area contributed by atoms with Crippen LogP contribution in [0.3, 0.4) is 0 Å². The average Bonchev–Trinajstić information content (AvgIpc) is 2.58. The van der Waals surface area contributed by atoms with Crippen molar-refractivity contribution >= 4 is 11.7 Å². The Morgan fingerprint density at radius 2 is 2.13 bits per heavy atom. The van der Waals surface area contributed by atoms with Gasteiger partial charge < -0.3 is 14.7 Å². The van der Waals surface area contributed by atoms with Crippen molar-refractivity contribution in [3.05, 3.63) is 24.0 Å². The van der Waals surface area contributed by atoms with Gasteiger partial charge in [-0.15, -0.1) is 0 Å². The minimum atomic E-state index is -0.0774. The normalized spacial score (nSPS) is 10.0. The molecule has 1 N–H and O–H groups in total. The summed E-state index contributed by atoms with van der Waals surface area (Å²) in [5.41, 5.74) is 1.05. The summed E-state index contributed by atoms with van der Waals surface area (Å²) >= 11 is 0. The van der Waals surface area contributed by atoms with E-state index >= 15 is 0 Å². The second-order valence-corrected chi connectivity index (χ2v) is 3.59. The van der Waals surface area contributed by atoms with E-state index in [0.717, 1.165) is 5.69 Å². The lowest BCUT2D eigenvalue weighted by molar-refractivity contribution is -0.124. The van der Waals surface area contributed by atoms with E-state index in [1.165, 1.54) is 6.92 Å². The number of hydrogen-bond donors (Lipinski definition) is 1. The van der Waals surface area contributed by atoms with Crippen LogP contribution in [0.5, 0.6) is 0 Å². The second-order valence-electron chi connectivity index (χ2n) is 3.59. The Hall–Kier alpha value is -1.58. The molecule has 0 spiro atoms. The molecule has 0 saturated carbocycles. The van der Waals surface area contributed by atoms with Crippen molar-refractivity contribution in [3.8, 4) is 0 Å². The smallest absolute Gasteiger partial charge is 0.220 e. The summed E-state index contributed by atoms with van der Waals surface area (Å²) < 4.78 is 1.95. The van der Waals surface area contributed by atoms with Crippen molar-refractivity contribution < 1.29 is 9.59 Å². The first-order chi connectivity index (χ1) is 7.09. The number of nitrogens with zero attached hydrogens (tertiary/aromatic N) is 1. The minimum absolute atomic E-state index is 0.0454. The highest BCUT2D eigenvalue weighted by Gasteiger charge is 2.04. The number of hydrogen-bond acceptors (Lipinski definition) is 2. The summed E-state index contributed by atoms with van der Waals surface area (Å²) in [6.45, 7) is 2.00. The molecule has 0 unspecified atom stereocenters. The molecule has 0 radical (unpaired) electrons. The van der Waals surface area contributed by atoms with E-state index in [0.29, 0.717) is 13.0 Å². The zero-order valence-corrected chi connectivity index (χ0v) is 9.12. The molecule has 0 saturated heterocycles. The summed E-state index contributed by atoms with van der Waals surface area (Å²) in [4.78, 5) is 21.9. The standard InChI is InChI=1S/C11H16N2O2/c1-9(14)5-6-11(15)12-8-10-4-3-7-13(10)2/h3-4,7H,5-6,8H2,1-2H3,(H,12,15). The number of amides is 1. The van der Waals surface area contributed by atoms with Crippen LogP contribution in [-0.4, -0.2) is 16.3 Å². The van der Waals surface area contributed by atoms with Crippen LogP contribution in [0, 0.1) is 0 Å². The van der Waals surface area contributed by atoms with Gasteiger partial charge in [0.1, 0.15) is 5.78 Å². The molecular weight excluding hydrogens is 192 g/mol. The first-order valence-electron chi connectivity index (χ1n) is 4.96.